The van der Waals surface area contributed by atoms with E-state index < -0.39 is 5.82 Å². The highest BCUT2D eigenvalue weighted by Crippen LogP contribution is 2.44. The fraction of sp³-hybridized carbons (Fsp3) is 0.273. The molecule has 0 spiro atoms. The largest absolute Gasteiger partial charge is 0.252 e. The highest BCUT2D eigenvalue weighted by molar-refractivity contribution is 6.31. The minimum absolute atomic E-state index is 0.0703. The van der Waals surface area contributed by atoms with E-state index in [-0.39, 0.29) is 10.9 Å². The van der Waals surface area contributed by atoms with Gasteiger partial charge in [0.05, 0.1) is 21.8 Å². The third-order valence-electron chi connectivity index (χ3n) is 5.68. The molecular weight excluding hydrogens is 389 g/mol. The maximum atomic E-state index is 14.3. The zero-order chi connectivity index (χ0) is 19.8. The van der Waals surface area contributed by atoms with Gasteiger partial charge in [0.25, 0.3) is 0 Å². The average Bonchev–Trinajstić information content (AvgIpc) is 3.29. The third-order valence-corrected chi connectivity index (χ3v) is 5.97. The number of tetrazole rings is 1. The molecule has 1 fully saturated rings. The minimum Gasteiger partial charge on any atom is -0.252 e. The molecule has 5 rings (SSSR count). The monoisotopic (exact) mass is 407 g/mol. The first kappa shape index (κ1) is 18.2. The van der Waals surface area contributed by atoms with Crippen molar-refractivity contribution in [3.8, 4) is 22.5 Å². The predicted octanol–water partition coefficient (Wildman–Crippen LogP) is 5.92. The molecule has 0 radical (unpaired) electrons. The summed E-state index contributed by atoms with van der Waals surface area (Å²) in [5, 5.41) is 15.8. The first-order valence-corrected chi connectivity index (χ1v) is 10.2. The molecular formula is C22H19ClFN5. The van der Waals surface area contributed by atoms with Crippen molar-refractivity contribution in [3.63, 3.8) is 0 Å². The van der Waals surface area contributed by atoms with Crippen LogP contribution in [0.25, 0.3) is 33.4 Å². The fourth-order valence-electron chi connectivity index (χ4n) is 4.35. The molecule has 5 nitrogen and oxygen atoms in total. The van der Waals surface area contributed by atoms with Crippen LogP contribution in [0.15, 0.2) is 42.5 Å². The SMILES string of the molecule is Fc1cc2nc(C3CCCCC3)c(-c3nn[nH]n3)c(-c3ccccc3)c2cc1Cl. The van der Waals surface area contributed by atoms with E-state index in [9.17, 15) is 4.39 Å². The maximum Gasteiger partial charge on any atom is 0.207 e. The van der Waals surface area contributed by atoms with Crippen LogP contribution in [-0.4, -0.2) is 25.6 Å². The molecule has 0 atom stereocenters. The zero-order valence-corrected chi connectivity index (χ0v) is 16.5. The van der Waals surface area contributed by atoms with Crippen LogP contribution in [0, 0.1) is 5.82 Å². The van der Waals surface area contributed by atoms with Crippen molar-refractivity contribution in [2.24, 2.45) is 0 Å². The first-order valence-electron chi connectivity index (χ1n) is 9.84. The van der Waals surface area contributed by atoms with Gasteiger partial charge in [-0.1, -0.05) is 61.2 Å². The molecule has 7 heteroatoms. The van der Waals surface area contributed by atoms with Crippen molar-refractivity contribution < 1.29 is 4.39 Å². The van der Waals surface area contributed by atoms with Crippen LogP contribution in [-0.2, 0) is 0 Å². The third kappa shape index (κ3) is 3.27. The fourth-order valence-corrected chi connectivity index (χ4v) is 4.51. The molecule has 2 aromatic heterocycles. The lowest BCUT2D eigenvalue weighted by molar-refractivity contribution is 0.438. The summed E-state index contributed by atoms with van der Waals surface area (Å²) in [6.07, 6.45) is 5.65. The summed E-state index contributed by atoms with van der Waals surface area (Å²) in [6.45, 7) is 0. The van der Waals surface area contributed by atoms with Gasteiger partial charge in [-0.3, -0.25) is 4.98 Å². The summed E-state index contributed by atoms with van der Waals surface area (Å²) < 4.78 is 14.3. The molecule has 1 aliphatic carbocycles. The number of fused-ring (bicyclic) bond motifs is 1. The van der Waals surface area contributed by atoms with Crippen molar-refractivity contribution >= 4 is 22.5 Å². The molecule has 0 bridgehead atoms. The van der Waals surface area contributed by atoms with Crippen LogP contribution in [0.1, 0.15) is 43.7 Å². The Morgan fingerprint density at radius 2 is 1.79 bits per heavy atom. The van der Waals surface area contributed by atoms with E-state index in [0.717, 1.165) is 53.5 Å². The lowest BCUT2D eigenvalue weighted by Crippen LogP contribution is -2.10. The van der Waals surface area contributed by atoms with E-state index in [1.165, 1.54) is 12.5 Å². The summed E-state index contributed by atoms with van der Waals surface area (Å²) in [5.41, 5.74) is 4.27. The Labute approximate surface area is 172 Å². The molecule has 1 saturated carbocycles. The molecule has 146 valence electrons. The number of hydrogen-bond acceptors (Lipinski definition) is 4. The number of nitrogens with one attached hydrogen (secondary N) is 1. The number of hydrogen-bond donors (Lipinski definition) is 1. The van der Waals surface area contributed by atoms with E-state index in [1.54, 1.807) is 6.07 Å². The van der Waals surface area contributed by atoms with Crippen LogP contribution in [0.4, 0.5) is 4.39 Å². The van der Waals surface area contributed by atoms with Gasteiger partial charge in [0.15, 0.2) is 0 Å². The van der Waals surface area contributed by atoms with Crippen LogP contribution >= 0.6 is 11.6 Å². The molecule has 1 N–H and O–H groups in total. The summed E-state index contributed by atoms with van der Waals surface area (Å²) in [5.74, 6) is 0.315. The highest BCUT2D eigenvalue weighted by Gasteiger charge is 2.27. The number of halogens is 2. The van der Waals surface area contributed by atoms with E-state index >= 15 is 0 Å². The van der Waals surface area contributed by atoms with Gasteiger partial charge in [-0.05, 0) is 29.7 Å². The summed E-state index contributed by atoms with van der Waals surface area (Å²) in [7, 11) is 0. The van der Waals surface area contributed by atoms with Crippen molar-refractivity contribution in [2.45, 2.75) is 38.0 Å². The molecule has 0 unspecified atom stereocenters. The van der Waals surface area contributed by atoms with Crippen molar-refractivity contribution in [2.75, 3.05) is 0 Å². The predicted molar refractivity (Wildman–Crippen MR) is 111 cm³/mol. The van der Waals surface area contributed by atoms with Gasteiger partial charge < -0.3 is 0 Å². The lowest BCUT2D eigenvalue weighted by atomic mass is 9.82. The van der Waals surface area contributed by atoms with E-state index in [4.69, 9.17) is 16.6 Å². The lowest BCUT2D eigenvalue weighted by Gasteiger charge is -2.25. The summed E-state index contributed by atoms with van der Waals surface area (Å²) >= 11 is 6.16. The number of pyridine rings is 1. The van der Waals surface area contributed by atoms with Crippen molar-refractivity contribution in [1.29, 1.82) is 0 Å². The Bertz CT molecular complexity index is 1160. The van der Waals surface area contributed by atoms with Crippen LogP contribution in [0.3, 0.4) is 0 Å². The van der Waals surface area contributed by atoms with Gasteiger partial charge >= 0.3 is 0 Å². The Morgan fingerprint density at radius 3 is 2.52 bits per heavy atom. The molecule has 0 saturated heterocycles. The van der Waals surface area contributed by atoms with E-state index in [0.29, 0.717) is 11.3 Å². The van der Waals surface area contributed by atoms with Crippen molar-refractivity contribution in [3.05, 3.63) is 59.0 Å². The standard InChI is InChI=1S/C22H19ClFN5/c23-16-11-15-18(12-17(16)24)25-21(14-9-5-2-6-10-14)20(22-26-28-29-27-22)19(15)13-7-3-1-4-8-13/h1,3-4,7-8,11-12,14H,2,5-6,9-10H2,(H,26,27,28,29). The Morgan fingerprint density at radius 1 is 1.00 bits per heavy atom. The highest BCUT2D eigenvalue weighted by atomic mass is 35.5. The number of aromatic nitrogens is 5. The van der Waals surface area contributed by atoms with Crippen LogP contribution in [0.5, 0.6) is 0 Å². The average molecular weight is 408 g/mol. The number of aromatic amines is 1. The van der Waals surface area contributed by atoms with E-state index in [2.05, 4.69) is 20.6 Å². The first-order chi connectivity index (χ1) is 14.2. The second-order valence-corrected chi connectivity index (χ2v) is 7.87. The number of rotatable bonds is 3. The molecule has 0 amide bonds. The second kappa shape index (κ2) is 7.52. The molecule has 2 aromatic carbocycles. The Kier molecular flexibility index (Phi) is 4.72. The van der Waals surface area contributed by atoms with Gasteiger partial charge in [0.1, 0.15) is 5.82 Å². The van der Waals surface area contributed by atoms with Gasteiger partial charge in [-0.2, -0.15) is 5.21 Å². The number of H-pyrrole nitrogens is 1. The normalized spacial score (nSPS) is 15.1. The summed E-state index contributed by atoms with van der Waals surface area (Å²) in [4.78, 5) is 4.92. The number of benzene rings is 2. The van der Waals surface area contributed by atoms with Gasteiger partial charge in [-0.15, -0.1) is 10.2 Å². The molecule has 1 aliphatic rings. The molecule has 29 heavy (non-hydrogen) atoms. The van der Waals surface area contributed by atoms with Gasteiger partial charge in [-0.25, -0.2) is 4.39 Å². The smallest absolute Gasteiger partial charge is 0.207 e. The topological polar surface area (TPSA) is 67.3 Å². The molecule has 2 heterocycles. The molecule has 0 aliphatic heterocycles. The zero-order valence-electron chi connectivity index (χ0n) is 15.7. The molecule has 4 aromatic rings. The van der Waals surface area contributed by atoms with Crippen LogP contribution < -0.4 is 0 Å². The van der Waals surface area contributed by atoms with Crippen molar-refractivity contribution in [1.82, 2.24) is 25.6 Å². The van der Waals surface area contributed by atoms with E-state index in [1.807, 2.05) is 30.3 Å². The second-order valence-electron chi connectivity index (χ2n) is 7.47. The van der Waals surface area contributed by atoms with Gasteiger partial charge in [0, 0.05) is 22.9 Å². The number of nitrogens with zero attached hydrogens (tertiary/aromatic N) is 4. The summed E-state index contributed by atoms with van der Waals surface area (Å²) in [6, 6.07) is 13.1. The maximum absolute atomic E-state index is 14.3. The van der Waals surface area contributed by atoms with Crippen LogP contribution in [0.2, 0.25) is 5.02 Å². The minimum atomic E-state index is -0.465. The Hall–Kier alpha value is -2.86. The Balaban J connectivity index is 1.90. The quantitative estimate of drug-likeness (QED) is 0.457. The van der Waals surface area contributed by atoms with Gasteiger partial charge in [0.2, 0.25) is 5.82 Å².